The number of nitrogens with zero attached hydrogens (tertiary/aromatic N) is 4. The first-order valence-corrected chi connectivity index (χ1v) is 5.99. The maximum absolute atomic E-state index is 5.71. The molecular weight excluding hydrogens is 230 g/mol. The summed E-state index contributed by atoms with van der Waals surface area (Å²) in [4.78, 5) is 10.8. The zero-order valence-corrected chi connectivity index (χ0v) is 11.1. The second-order valence-corrected chi connectivity index (χ2v) is 4.34. The third kappa shape index (κ3) is 2.89. The minimum Gasteiger partial charge on any atom is -0.475 e. The van der Waals surface area contributed by atoms with Gasteiger partial charge < -0.3 is 15.0 Å². The summed E-state index contributed by atoms with van der Waals surface area (Å²) in [6, 6.07) is 0. The average Bonchev–Trinajstić information content (AvgIpc) is 2.82. The lowest BCUT2D eigenvalue weighted by Crippen LogP contribution is -2.16. The van der Waals surface area contributed by atoms with Gasteiger partial charge in [-0.1, -0.05) is 0 Å². The van der Waals surface area contributed by atoms with E-state index < -0.39 is 0 Å². The van der Waals surface area contributed by atoms with Crippen molar-refractivity contribution in [1.82, 2.24) is 19.3 Å². The van der Waals surface area contributed by atoms with Gasteiger partial charge in [0.1, 0.15) is 5.82 Å². The molecule has 0 radical (unpaired) electrons. The van der Waals surface area contributed by atoms with Crippen LogP contribution < -0.4 is 10.1 Å². The number of anilines is 1. The lowest BCUT2D eigenvalue weighted by molar-refractivity contribution is 0.275. The van der Waals surface area contributed by atoms with Gasteiger partial charge in [-0.3, -0.25) is 4.40 Å². The summed E-state index contributed by atoms with van der Waals surface area (Å²) in [6.45, 7) is 1.64. The zero-order valence-electron chi connectivity index (χ0n) is 11.1. The molecule has 2 aromatic rings. The molecule has 0 bridgehead atoms. The number of imidazole rings is 1. The molecule has 6 heteroatoms. The maximum atomic E-state index is 5.71. The number of hydrogen-bond donors (Lipinski definition) is 1. The van der Waals surface area contributed by atoms with Gasteiger partial charge in [0.25, 0.3) is 5.88 Å². The highest BCUT2D eigenvalue weighted by molar-refractivity contribution is 5.53. The molecule has 0 spiro atoms. The third-order valence-corrected chi connectivity index (χ3v) is 2.59. The van der Waals surface area contributed by atoms with Crippen molar-refractivity contribution in [2.45, 2.75) is 6.42 Å². The minimum atomic E-state index is 0.575. The van der Waals surface area contributed by atoms with E-state index in [4.69, 9.17) is 4.74 Å². The molecule has 0 atom stereocenters. The van der Waals surface area contributed by atoms with Gasteiger partial charge in [-0.05, 0) is 20.5 Å². The standard InChI is InChI=1S/C12H19N5O/c1-13-10-9-17-7-5-14-11(17)12(15-10)18-8-4-6-16(2)3/h5,7,9,13H,4,6,8H2,1-3H3. The van der Waals surface area contributed by atoms with Crippen LogP contribution in [0.2, 0.25) is 0 Å². The van der Waals surface area contributed by atoms with Crippen molar-refractivity contribution >= 4 is 11.5 Å². The zero-order chi connectivity index (χ0) is 13.0. The minimum absolute atomic E-state index is 0.575. The number of fused-ring (bicyclic) bond motifs is 1. The normalized spacial score (nSPS) is 11.1. The van der Waals surface area contributed by atoms with Gasteiger partial charge in [-0.15, -0.1) is 0 Å². The lowest BCUT2D eigenvalue weighted by atomic mass is 10.4. The van der Waals surface area contributed by atoms with Crippen molar-refractivity contribution < 1.29 is 4.74 Å². The molecule has 6 nitrogen and oxygen atoms in total. The Labute approximate surface area is 107 Å². The Bertz CT molecular complexity index is 508. The second kappa shape index (κ2) is 5.68. The molecule has 0 aliphatic rings. The molecule has 98 valence electrons. The Morgan fingerprint density at radius 3 is 3.00 bits per heavy atom. The van der Waals surface area contributed by atoms with E-state index in [1.165, 1.54) is 0 Å². The Hall–Kier alpha value is -1.82. The third-order valence-electron chi connectivity index (χ3n) is 2.59. The molecule has 2 heterocycles. The topological polar surface area (TPSA) is 54.7 Å². The highest BCUT2D eigenvalue weighted by atomic mass is 16.5. The quantitative estimate of drug-likeness (QED) is 0.777. The van der Waals surface area contributed by atoms with Gasteiger partial charge in [-0.25, -0.2) is 4.98 Å². The van der Waals surface area contributed by atoms with Crippen molar-refractivity contribution in [3.8, 4) is 5.88 Å². The Balaban J connectivity index is 2.08. The van der Waals surface area contributed by atoms with Gasteiger partial charge in [0.05, 0.1) is 12.8 Å². The van der Waals surface area contributed by atoms with Gasteiger partial charge in [0, 0.05) is 26.0 Å². The molecule has 0 saturated heterocycles. The number of ether oxygens (including phenoxy) is 1. The van der Waals surface area contributed by atoms with Crippen LogP contribution in [0.4, 0.5) is 5.82 Å². The second-order valence-electron chi connectivity index (χ2n) is 4.34. The van der Waals surface area contributed by atoms with Gasteiger partial charge >= 0.3 is 0 Å². The molecule has 1 N–H and O–H groups in total. The molecule has 0 aromatic carbocycles. The van der Waals surface area contributed by atoms with Crippen LogP contribution in [0.5, 0.6) is 5.88 Å². The summed E-state index contributed by atoms with van der Waals surface area (Å²) in [6.07, 6.45) is 6.47. The van der Waals surface area contributed by atoms with Crippen LogP contribution in [-0.4, -0.2) is 53.6 Å². The number of aromatic nitrogens is 3. The first kappa shape index (κ1) is 12.6. The van der Waals surface area contributed by atoms with Crippen LogP contribution >= 0.6 is 0 Å². The van der Waals surface area contributed by atoms with E-state index in [1.807, 2.05) is 37.9 Å². The van der Waals surface area contributed by atoms with E-state index in [0.29, 0.717) is 12.5 Å². The van der Waals surface area contributed by atoms with E-state index in [2.05, 4.69) is 20.2 Å². The Kier molecular flexibility index (Phi) is 3.99. The summed E-state index contributed by atoms with van der Waals surface area (Å²) in [5.41, 5.74) is 0.749. The molecule has 0 aliphatic heterocycles. The van der Waals surface area contributed by atoms with Crippen LogP contribution in [0.25, 0.3) is 5.65 Å². The number of rotatable bonds is 6. The molecule has 0 fully saturated rings. The largest absolute Gasteiger partial charge is 0.475 e. The molecular formula is C12H19N5O. The molecule has 18 heavy (non-hydrogen) atoms. The Morgan fingerprint density at radius 1 is 1.44 bits per heavy atom. The molecule has 0 unspecified atom stereocenters. The van der Waals surface area contributed by atoms with Gasteiger partial charge in [-0.2, -0.15) is 4.98 Å². The molecule has 2 aromatic heterocycles. The van der Waals surface area contributed by atoms with Crippen molar-refractivity contribution in [3.63, 3.8) is 0 Å². The van der Waals surface area contributed by atoms with Crippen molar-refractivity contribution in [2.75, 3.05) is 39.6 Å². The van der Waals surface area contributed by atoms with E-state index in [9.17, 15) is 0 Å². The van der Waals surface area contributed by atoms with Gasteiger partial charge in [0.2, 0.25) is 5.65 Å². The van der Waals surface area contributed by atoms with Crippen molar-refractivity contribution in [1.29, 1.82) is 0 Å². The predicted octanol–water partition coefficient (Wildman–Crippen LogP) is 1.10. The summed E-state index contributed by atoms with van der Waals surface area (Å²) in [5.74, 6) is 1.34. The molecule has 0 aliphatic carbocycles. The van der Waals surface area contributed by atoms with Crippen LogP contribution in [0.15, 0.2) is 18.6 Å². The van der Waals surface area contributed by atoms with Crippen LogP contribution in [-0.2, 0) is 0 Å². The van der Waals surface area contributed by atoms with Crippen LogP contribution in [0.1, 0.15) is 6.42 Å². The average molecular weight is 249 g/mol. The molecule has 0 saturated carbocycles. The highest BCUT2D eigenvalue weighted by Gasteiger charge is 2.07. The maximum Gasteiger partial charge on any atom is 0.260 e. The number of hydrogen-bond acceptors (Lipinski definition) is 5. The monoisotopic (exact) mass is 249 g/mol. The molecule has 0 amide bonds. The number of nitrogens with one attached hydrogen (secondary N) is 1. The lowest BCUT2D eigenvalue weighted by Gasteiger charge is -2.11. The fraction of sp³-hybridized carbons (Fsp3) is 0.500. The first-order chi connectivity index (χ1) is 8.70. The fourth-order valence-corrected chi connectivity index (χ4v) is 1.67. The summed E-state index contributed by atoms with van der Waals surface area (Å²) in [7, 11) is 5.93. The van der Waals surface area contributed by atoms with Crippen LogP contribution in [0.3, 0.4) is 0 Å². The smallest absolute Gasteiger partial charge is 0.260 e. The summed E-state index contributed by atoms with van der Waals surface area (Å²) in [5, 5.41) is 3.01. The van der Waals surface area contributed by atoms with E-state index in [-0.39, 0.29) is 0 Å². The summed E-state index contributed by atoms with van der Waals surface area (Å²) >= 11 is 0. The first-order valence-electron chi connectivity index (χ1n) is 5.99. The van der Waals surface area contributed by atoms with Crippen molar-refractivity contribution in [2.24, 2.45) is 0 Å². The van der Waals surface area contributed by atoms with Gasteiger partial charge in [0.15, 0.2) is 0 Å². The fourth-order valence-electron chi connectivity index (χ4n) is 1.67. The Morgan fingerprint density at radius 2 is 2.28 bits per heavy atom. The van der Waals surface area contributed by atoms with Crippen LogP contribution in [0, 0.1) is 0 Å². The van der Waals surface area contributed by atoms with E-state index in [0.717, 1.165) is 24.4 Å². The van der Waals surface area contributed by atoms with Crippen molar-refractivity contribution in [3.05, 3.63) is 18.6 Å². The summed E-state index contributed by atoms with van der Waals surface area (Å²) < 4.78 is 7.61. The van der Waals surface area contributed by atoms with E-state index >= 15 is 0 Å². The highest BCUT2D eigenvalue weighted by Crippen LogP contribution is 2.18. The van der Waals surface area contributed by atoms with E-state index in [1.54, 1.807) is 6.20 Å². The molecule has 2 rings (SSSR count). The SMILES string of the molecule is CNc1cn2ccnc2c(OCCCN(C)C)n1. The predicted molar refractivity (Wildman–Crippen MR) is 71.2 cm³/mol.